The molecule has 1 heterocycles. The molecule has 0 aliphatic carbocycles. The summed E-state index contributed by atoms with van der Waals surface area (Å²) in [6.45, 7) is 1.85. The number of nitrogens with two attached hydrogens (primary N) is 1. The summed E-state index contributed by atoms with van der Waals surface area (Å²) < 4.78 is 10.9. The first-order valence-electron chi connectivity index (χ1n) is 6.41. The van der Waals surface area contributed by atoms with Crippen LogP contribution in [0.15, 0.2) is 36.4 Å². The Morgan fingerprint density at radius 3 is 2.76 bits per heavy atom. The van der Waals surface area contributed by atoms with Crippen LogP contribution in [0.4, 0.5) is 5.82 Å². The number of nitrogens with zero attached hydrogens (tertiary/aromatic N) is 1. The maximum atomic E-state index is 11.2. The van der Waals surface area contributed by atoms with Gasteiger partial charge in [0, 0.05) is 12.1 Å². The highest BCUT2D eigenvalue weighted by atomic mass is 16.5. The molecule has 0 saturated carbocycles. The van der Waals surface area contributed by atoms with Crippen LogP contribution in [-0.2, 0) is 4.79 Å². The number of anilines is 1. The van der Waals surface area contributed by atoms with Gasteiger partial charge in [0.25, 0.3) is 0 Å². The van der Waals surface area contributed by atoms with Crippen molar-refractivity contribution < 1.29 is 14.3 Å². The van der Waals surface area contributed by atoms with Gasteiger partial charge in [-0.05, 0) is 30.7 Å². The molecule has 6 nitrogen and oxygen atoms in total. The lowest BCUT2D eigenvalue weighted by atomic mass is 10.2. The number of aryl methyl sites for hydroxylation is 1. The van der Waals surface area contributed by atoms with Crippen LogP contribution in [0.25, 0.3) is 0 Å². The molecule has 0 bridgehead atoms. The lowest BCUT2D eigenvalue weighted by molar-refractivity contribution is -0.114. The number of hydrogen-bond donors (Lipinski definition) is 2. The van der Waals surface area contributed by atoms with E-state index in [4.69, 9.17) is 15.2 Å². The second-order valence-electron chi connectivity index (χ2n) is 4.40. The number of nitrogens with one attached hydrogen (secondary N) is 1. The highest BCUT2D eigenvalue weighted by Crippen LogP contribution is 2.26. The van der Waals surface area contributed by atoms with E-state index in [1.807, 2.05) is 19.1 Å². The second-order valence-corrected chi connectivity index (χ2v) is 4.40. The molecule has 0 radical (unpaired) electrons. The molecule has 0 spiro atoms. The smallest absolute Gasteiger partial charge is 0.239 e. The number of aromatic nitrogens is 1. The first kappa shape index (κ1) is 14.8. The van der Waals surface area contributed by atoms with Crippen LogP contribution in [0.5, 0.6) is 17.4 Å². The van der Waals surface area contributed by atoms with Crippen molar-refractivity contribution >= 4 is 11.7 Å². The van der Waals surface area contributed by atoms with Crippen molar-refractivity contribution in [3.05, 3.63) is 42.0 Å². The Morgan fingerprint density at radius 2 is 2.05 bits per heavy atom. The summed E-state index contributed by atoms with van der Waals surface area (Å²) >= 11 is 0. The van der Waals surface area contributed by atoms with Gasteiger partial charge in [-0.3, -0.25) is 4.79 Å². The number of methoxy groups -OCH3 is 1. The third-order valence-corrected chi connectivity index (χ3v) is 2.66. The third-order valence-electron chi connectivity index (χ3n) is 2.66. The van der Waals surface area contributed by atoms with E-state index >= 15 is 0 Å². The molecule has 1 amide bonds. The van der Waals surface area contributed by atoms with Crippen LogP contribution in [-0.4, -0.2) is 24.5 Å². The van der Waals surface area contributed by atoms with Crippen molar-refractivity contribution in [3.63, 3.8) is 0 Å². The normalized spacial score (nSPS) is 10.0. The van der Waals surface area contributed by atoms with Crippen molar-refractivity contribution in [1.29, 1.82) is 0 Å². The average Bonchev–Trinajstić information content (AvgIpc) is 2.46. The standard InChI is InChI=1S/C15H17N3O3/c1-10-6-11(20-2)8-12(7-10)21-15-5-3-4-13(18-15)17-14(19)9-16/h3-8H,9,16H2,1-2H3,(H,17,18,19). The summed E-state index contributed by atoms with van der Waals surface area (Å²) in [4.78, 5) is 15.4. The number of pyridine rings is 1. The van der Waals surface area contributed by atoms with Crippen LogP contribution in [0.1, 0.15) is 5.56 Å². The van der Waals surface area contributed by atoms with Crippen LogP contribution in [0.2, 0.25) is 0 Å². The van der Waals surface area contributed by atoms with Crippen LogP contribution in [0.3, 0.4) is 0 Å². The Balaban J connectivity index is 2.17. The van der Waals surface area contributed by atoms with Crippen molar-refractivity contribution in [2.75, 3.05) is 19.0 Å². The minimum atomic E-state index is -0.308. The zero-order valence-electron chi connectivity index (χ0n) is 11.9. The molecule has 6 heteroatoms. The number of ether oxygens (including phenoxy) is 2. The van der Waals surface area contributed by atoms with Crippen molar-refractivity contribution in [2.45, 2.75) is 6.92 Å². The summed E-state index contributed by atoms with van der Waals surface area (Å²) in [7, 11) is 1.60. The van der Waals surface area contributed by atoms with Crippen LogP contribution >= 0.6 is 0 Å². The molecule has 3 N–H and O–H groups in total. The first-order chi connectivity index (χ1) is 10.1. The Kier molecular flexibility index (Phi) is 4.73. The summed E-state index contributed by atoms with van der Waals surface area (Å²) in [5, 5.41) is 2.57. The fourth-order valence-electron chi connectivity index (χ4n) is 1.75. The molecule has 0 aliphatic rings. The predicted octanol–water partition coefficient (Wildman–Crippen LogP) is 2.09. The van der Waals surface area contributed by atoms with E-state index in [-0.39, 0.29) is 12.5 Å². The Hall–Kier alpha value is -2.60. The molecule has 0 saturated heterocycles. The number of amides is 1. The monoisotopic (exact) mass is 287 g/mol. The maximum absolute atomic E-state index is 11.2. The van der Waals surface area contributed by atoms with Crippen LogP contribution in [0, 0.1) is 6.92 Å². The topological polar surface area (TPSA) is 86.5 Å². The van der Waals surface area contributed by atoms with E-state index in [2.05, 4.69) is 10.3 Å². The molecule has 0 atom stereocenters. The predicted molar refractivity (Wildman–Crippen MR) is 79.7 cm³/mol. The largest absolute Gasteiger partial charge is 0.497 e. The quantitative estimate of drug-likeness (QED) is 0.879. The van der Waals surface area contributed by atoms with E-state index < -0.39 is 0 Å². The maximum Gasteiger partial charge on any atom is 0.239 e. The zero-order valence-corrected chi connectivity index (χ0v) is 11.9. The van der Waals surface area contributed by atoms with Gasteiger partial charge in [0.15, 0.2) is 0 Å². The molecule has 0 unspecified atom stereocenters. The minimum absolute atomic E-state index is 0.0954. The Bertz CT molecular complexity index is 644. The van der Waals surface area contributed by atoms with Gasteiger partial charge in [0.1, 0.15) is 17.3 Å². The summed E-state index contributed by atoms with van der Waals surface area (Å²) in [6.07, 6.45) is 0. The lowest BCUT2D eigenvalue weighted by Crippen LogP contribution is -2.22. The van der Waals surface area contributed by atoms with Gasteiger partial charge < -0.3 is 20.5 Å². The number of carbonyl (C=O) groups is 1. The van der Waals surface area contributed by atoms with Crippen molar-refractivity contribution in [3.8, 4) is 17.4 Å². The Labute approximate surface area is 122 Å². The minimum Gasteiger partial charge on any atom is -0.497 e. The SMILES string of the molecule is COc1cc(C)cc(Oc2cccc(NC(=O)CN)n2)c1. The molecule has 2 aromatic rings. The van der Waals surface area contributed by atoms with E-state index in [0.717, 1.165) is 5.56 Å². The molecule has 21 heavy (non-hydrogen) atoms. The summed E-state index contributed by atoms with van der Waals surface area (Å²) in [5.74, 6) is 1.77. The molecule has 0 fully saturated rings. The van der Waals surface area contributed by atoms with E-state index in [9.17, 15) is 4.79 Å². The second kappa shape index (κ2) is 6.71. The van der Waals surface area contributed by atoms with Crippen molar-refractivity contribution in [2.24, 2.45) is 5.73 Å². The van der Waals surface area contributed by atoms with Gasteiger partial charge >= 0.3 is 0 Å². The number of carbonyl (C=O) groups excluding carboxylic acids is 1. The van der Waals surface area contributed by atoms with Gasteiger partial charge in [0.2, 0.25) is 11.8 Å². The number of benzene rings is 1. The van der Waals surface area contributed by atoms with Gasteiger partial charge in [-0.15, -0.1) is 0 Å². The van der Waals surface area contributed by atoms with Gasteiger partial charge in [0.05, 0.1) is 13.7 Å². The van der Waals surface area contributed by atoms with E-state index in [1.165, 1.54) is 0 Å². The Morgan fingerprint density at radius 1 is 1.29 bits per heavy atom. The van der Waals surface area contributed by atoms with Gasteiger partial charge in [-0.25, -0.2) is 0 Å². The molecule has 1 aromatic carbocycles. The van der Waals surface area contributed by atoms with Crippen molar-refractivity contribution in [1.82, 2.24) is 4.98 Å². The fourth-order valence-corrected chi connectivity index (χ4v) is 1.75. The molecule has 2 rings (SSSR count). The number of hydrogen-bond acceptors (Lipinski definition) is 5. The van der Waals surface area contributed by atoms with Crippen LogP contribution < -0.4 is 20.5 Å². The molecule has 0 aliphatic heterocycles. The highest BCUT2D eigenvalue weighted by molar-refractivity contribution is 5.91. The molecular weight excluding hydrogens is 270 g/mol. The third kappa shape index (κ3) is 4.19. The molecule has 1 aromatic heterocycles. The van der Waals surface area contributed by atoms with Gasteiger partial charge in [-0.2, -0.15) is 4.98 Å². The van der Waals surface area contributed by atoms with E-state index in [1.54, 1.807) is 31.4 Å². The zero-order chi connectivity index (χ0) is 15.2. The molecular formula is C15H17N3O3. The number of rotatable bonds is 5. The lowest BCUT2D eigenvalue weighted by Gasteiger charge is -2.09. The highest BCUT2D eigenvalue weighted by Gasteiger charge is 2.05. The average molecular weight is 287 g/mol. The molecule has 110 valence electrons. The van der Waals surface area contributed by atoms with Gasteiger partial charge in [-0.1, -0.05) is 6.07 Å². The summed E-state index contributed by atoms with van der Waals surface area (Å²) in [5.41, 5.74) is 6.26. The fraction of sp³-hybridized carbons (Fsp3) is 0.200. The first-order valence-corrected chi connectivity index (χ1v) is 6.41. The van der Waals surface area contributed by atoms with E-state index in [0.29, 0.717) is 23.2 Å². The summed E-state index contributed by atoms with van der Waals surface area (Å²) in [6, 6.07) is 10.6.